The molecule has 0 amide bonds. The van der Waals surface area contributed by atoms with Crippen LogP contribution in [0.15, 0.2) is 34.9 Å². The van der Waals surface area contributed by atoms with Crippen molar-refractivity contribution >= 4 is 11.8 Å². The van der Waals surface area contributed by atoms with Crippen molar-refractivity contribution in [3.05, 3.63) is 57.5 Å². The predicted octanol–water partition coefficient (Wildman–Crippen LogP) is 2.96. The van der Waals surface area contributed by atoms with Crippen LogP contribution in [0.2, 0.25) is 0 Å². The first-order valence-corrected chi connectivity index (χ1v) is 10.1. The summed E-state index contributed by atoms with van der Waals surface area (Å²) in [7, 11) is 0. The van der Waals surface area contributed by atoms with Gasteiger partial charge in [0.05, 0.1) is 11.4 Å². The van der Waals surface area contributed by atoms with Gasteiger partial charge in [-0.05, 0) is 69.3 Å². The van der Waals surface area contributed by atoms with Crippen LogP contribution in [0.25, 0.3) is 23.1 Å². The Morgan fingerprint density at radius 2 is 1.89 bits per heavy atom. The fourth-order valence-corrected chi connectivity index (χ4v) is 4.52. The monoisotopic (exact) mass is 375 g/mol. The molecule has 3 aromatic heterocycles. The average molecular weight is 375 g/mol. The summed E-state index contributed by atoms with van der Waals surface area (Å²) >= 11 is 0. The van der Waals surface area contributed by atoms with Crippen LogP contribution in [0, 0.1) is 19.8 Å². The van der Waals surface area contributed by atoms with E-state index in [0.29, 0.717) is 5.92 Å². The number of rotatable bonds is 2. The maximum atomic E-state index is 12.9. The van der Waals surface area contributed by atoms with Gasteiger partial charge in [-0.2, -0.15) is 0 Å². The molecule has 0 aliphatic carbocycles. The molecule has 5 heterocycles. The summed E-state index contributed by atoms with van der Waals surface area (Å²) in [5.74, 6) is 1.45. The molecule has 3 aromatic rings. The predicted molar refractivity (Wildman–Crippen MR) is 110 cm³/mol. The highest BCUT2D eigenvalue weighted by molar-refractivity contribution is 5.64. The van der Waals surface area contributed by atoms with E-state index in [4.69, 9.17) is 4.98 Å². The van der Waals surface area contributed by atoms with E-state index in [-0.39, 0.29) is 5.56 Å². The van der Waals surface area contributed by atoms with Crippen LogP contribution in [-0.2, 0) is 6.42 Å². The van der Waals surface area contributed by atoms with Crippen molar-refractivity contribution in [1.29, 1.82) is 0 Å². The molecule has 28 heavy (non-hydrogen) atoms. The van der Waals surface area contributed by atoms with Gasteiger partial charge in [0.25, 0.3) is 5.56 Å². The first-order valence-electron chi connectivity index (χ1n) is 10.1. The van der Waals surface area contributed by atoms with E-state index in [2.05, 4.69) is 22.6 Å². The summed E-state index contributed by atoms with van der Waals surface area (Å²) in [6.45, 7) is 6.17. The van der Waals surface area contributed by atoms with E-state index >= 15 is 0 Å². The van der Waals surface area contributed by atoms with E-state index in [0.717, 1.165) is 72.8 Å². The Bertz CT molecular complexity index is 1150. The third kappa shape index (κ3) is 2.98. The number of hydrogen-bond acceptors (Lipinski definition) is 4. The topological polar surface area (TPSA) is 64.2 Å². The summed E-state index contributed by atoms with van der Waals surface area (Å²) in [4.78, 5) is 22.3. The highest BCUT2D eigenvalue weighted by Gasteiger charge is 2.22. The molecule has 0 saturated carbocycles. The van der Waals surface area contributed by atoms with Crippen molar-refractivity contribution in [2.24, 2.45) is 5.92 Å². The second-order valence-electron chi connectivity index (χ2n) is 8.02. The summed E-state index contributed by atoms with van der Waals surface area (Å²) in [6, 6.07) is 3.73. The van der Waals surface area contributed by atoms with Crippen molar-refractivity contribution in [2.45, 2.75) is 39.5 Å². The molecule has 0 spiro atoms. The molecule has 6 heteroatoms. The van der Waals surface area contributed by atoms with Gasteiger partial charge in [-0.15, -0.1) is 0 Å². The van der Waals surface area contributed by atoms with E-state index in [1.54, 1.807) is 10.6 Å². The van der Waals surface area contributed by atoms with Crippen LogP contribution >= 0.6 is 0 Å². The average Bonchev–Trinajstić information content (AvgIpc) is 3.09. The molecule has 0 atom stereocenters. The standard InChI is InChI=1S/C22H25N5O/c1-14-9-18(12-26-11-15(2)24-22(14)26)19-10-21(28)27-13-17(3-4-20(27)25-19)16-5-7-23-8-6-16/h9-13,16,23H,3-8H2,1-2H3. The lowest BCUT2D eigenvalue weighted by atomic mass is 9.87. The van der Waals surface area contributed by atoms with Crippen LogP contribution in [-0.4, -0.2) is 32.0 Å². The second-order valence-corrected chi connectivity index (χ2v) is 8.02. The fourth-order valence-electron chi connectivity index (χ4n) is 4.52. The Hall–Kier alpha value is -2.73. The number of aromatic nitrogens is 4. The molecule has 6 nitrogen and oxygen atoms in total. The summed E-state index contributed by atoms with van der Waals surface area (Å²) < 4.78 is 3.78. The van der Waals surface area contributed by atoms with Gasteiger partial charge < -0.3 is 9.72 Å². The Kier molecular flexibility index (Phi) is 4.16. The van der Waals surface area contributed by atoms with Crippen molar-refractivity contribution in [3.63, 3.8) is 0 Å². The molecule has 144 valence electrons. The lowest BCUT2D eigenvalue weighted by molar-refractivity contribution is 0.409. The minimum atomic E-state index is 0.00527. The number of imidazole rings is 1. The number of allylic oxidation sites excluding steroid dienone is 1. The van der Waals surface area contributed by atoms with Crippen LogP contribution in [0.5, 0.6) is 0 Å². The molecule has 1 saturated heterocycles. The van der Waals surface area contributed by atoms with Crippen molar-refractivity contribution in [1.82, 2.24) is 24.3 Å². The molecular formula is C22H25N5O. The van der Waals surface area contributed by atoms with E-state index in [1.807, 2.05) is 30.6 Å². The van der Waals surface area contributed by atoms with Gasteiger partial charge in [-0.25, -0.2) is 9.97 Å². The van der Waals surface area contributed by atoms with Gasteiger partial charge in [0.15, 0.2) is 0 Å². The Morgan fingerprint density at radius 1 is 1.07 bits per heavy atom. The summed E-state index contributed by atoms with van der Waals surface area (Å²) in [5, 5.41) is 3.41. The number of hydrogen-bond donors (Lipinski definition) is 1. The molecule has 0 radical (unpaired) electrons. The largest absolute Gasteiger partial charge is 0.317 e. The Morgan fingerprint density at radius 3 is 2.71 bits per heavy atom. The van der Waals surface area contributed by atoms with E-state index in [9.17, 15) is 4.79 Å². The molecule has 5 rings (SSSR count). The van der Waals surface area contributed by atoms with Crippen LogP contribution in [0.3, 0.4) is 0 Å². The molecule has 1 fully saturated rings. The van der Waals surface area contributed by atoms with Crippen LogP contribution < -0.4 is 10.9 Å². The minimum Gasteiger partial charge on any atom is -0.317 e. The zero-order valence-corrected chi connectivity index (χ0v) is 16.4. The smallest absolute Gasteiger partial charge is 0.258 e. The zero-order chi connectivity index (χ0) is 19.3. The number of piperidine rings is 1. The molecule has 0 unspecified atom stereocenters. The molecule has 0 aromatic carbocycles. The lowest BCUT2D eigenvalue weighted by Gasteiger charge is -2.28. The Labute approximate surface area is 164 Å². The highest BCUT2D eigenvalue weighted by Crippen LogP contribution is 2.29. The van der Waals surface area contributed by atoms with Gasteiger partial charge in [0.1, 0.15) is 11.5 Å². The maximum absolute atomic E-state index is 12.9. The number of fused-ring (bicyclic) bond motifs is 2. The van der Waals surface area contributed by atoms with Gasteiger partial charge in [0, 0.05) is 36.6 Å². The highest BCUT2D eigenvalue weighted by atomic mass is 16.1. The molecule has 0 bridgehead atoms. The van der Waals surface area contributed by atoms with E-state index in [1.165, 1.54) is 5.57 Å². The number of pyridine rings is 1. The van der Waals surface area contributed by atoms with Gasteiger partial charge in [0.2, 0.25) is 0 Å². The molecule has 2 aliphatic rings. The SMILES string of the molecule is Cc1cn2cc(-c3cc(=O)n4c(n3)CCC(C3CCNCC3)=C4)cc(C)c2n1. The van der Waals surface area contributed by atoms with Crippen molar-refractivity contribution in [3.8, 4) is 11.3 Å². The molecular weight excluding hydrogens is 350 g/mol. The van der Waals surface area contributed by atoms with Crippen molar-refractivity contribution in [2.75, 3.05) is 13.1 Å². The quantitative estimate of drug-likeness (QED) is 0.748. The Balaban J connectivity index is 1.55. The van der Waals surface area contributed by atoms with Gasteiger partial charge in [-0.1, -0.05) is 0 Å². The lowest BCUT2D eigenvalue weighted by Crippen LogP contribution is -2.31. The van der Waals surface area contributed by atoms with Gasteiger partial charge >= 0.3 is 0 Å². The number of nitrogens with zero attached hydrogens (tertiary/aromatic N) is 4. The molecule has 2 aliphatic heterocycles. The third-order valence-electron chi connectivity index (χ3n) is 5.97. The number of nitrogens with one attached hydrogen (secondary N) is 1. The van der Waals surface area contributed by atoms with Crippen LogP contribution in [0.4, 0.5) is 0 Å². The first kappa shape index (κ1) is 17.4. The third-order valence-corrected chi connectivity index (χ3v) is 5.97. The maximum Gasteiger partial charge on any atom is 0.258 e. The fraction of sp³-hybridized carbons (Fsp3) is 0.409. The van der Waals surface area contributed by atoms with Gasteiger partial charge in [-0.3, -0.25) is 9.36 Å². The van der Waals surface area contributed by atoms with Crippen molar-refractivity contribution < 1.29 is 0 Å². The zero-order valence-electron chi connectivity index (χ0n) is 16.4. The normalized spacial score (nSPS) is 17.6. The minimum absolute atomic E-state index is 0.00527. The second kappa shape index (κ2) is 6.71. The summed E-state index contributed by atoms with van der Waals surface area (Å²) in [5.41, 5.74) is 6.11. The van der Waals surface area contributed by atoms with E-state index < -0.39 is 0 Å². The van der Waals surface area contributed by atoms with Crippen LogP contribution in [0.1, 0.15) is 36.3 Å². The molecule has 1 N–H and O–H groups in total. The number of aryl methyl sites for hydroxylation is 3. The summed E-state index contributed by atoms with van der Waals surface area (Å²) in [6.07, 6.45) is 10.2. The first-order chi connectivity index (χ1) is 13.6.